The zero-order valence-corrected chi connectivity index (χ0v) is 12.6. The van der Waals surface area contributed by atoms with Gasteiger partial charge in [0.2, 0.25) is 0 Å². The van der Waals surface area contributed by atoms with Crippen molar-refractivity contribution in [2.24, 2.45) is 0 Å². The van der Waals surface area contributed by atoms with Gasteiger partial charge in [0, 0.05) is 5.56 Å². The number of aryl methyl sites for hydroxylation is 1. The van der Waals surface area contributed by atoms with Crippen LogP contribution in [-0.2, 0) is 0 Å². The summed E-state index contributed by atoms with van der Waals surface area (Å²) in [5.74, 6) is 0.481. The molecule has 2 heterocycles. The predicted octanol–water partition coefficient (Wildman–Crippen LogP) is 3.47. The predicted molar refractivity (Wildman–Crippen MR) is 86.1 cm³/mol. The molecule has 0 radical (unpaired) electrons. The molecule has 0 fully saturated rings. The van der Waals surface area contributed by atoms with E-state index in [-0.39, 0.29) is 11.7 Å². The number of carbonyl (C=O) groups is 1. The third kappa shape index (κ3) is 2.96. The summed E-state index contributed by atoms with van der Waals surface area (Å²) in [4.78, 5) is 21.2. The van der Waals surface area contributed by atoms with Crippen molar-refractivity contribution < 1.29 is 9.90 Å². The van der Waals surface area contributed by atoms with Gasteiger partial charge in [-0.05, 0) is 36.1 Å². The lowest BCUT2D eigenvalue weighted by molar-refractivity contribution is 0.103. The average Bonchev–Trinajstić information content (AvgIpc) is 2.94. The Kier molecular flexibility index (Phi) is 3.84. The molecule has 2 aromatic heterocycles. The Morgan fingerprint density at radius 3 is 2.64 bits per heavy atom. The van der Waals surface area contributed by atoms with Crippen molar-refractivity contribution in [1.29, 1.82) is 0 Å². The number of aromatic nitrogens is 2. The second-order valence-corrected chi connectivity index (χ2v) is 5.65. The Morgan fingerprint density at radius 1 is 1.23 bits per heavy atom. The number of thiophene rings is 1. The van der Waals surface area contributed by atoms with Gasteiger partial charge in [-0.15, -0.1) is 11.3 Å². The molecule has 0 aliphatic heterocycles. The SMILES string of the molecule is Cc1ccsc1C(=O)Nc1cnc(-c2cccc(O)c2)nc1. The normalized spacial score (nSPS) is 10.4. The summed E-state index contributed by atoms with van der Waals surface area (Å²) in [5, 5.41) is 14.1. The van der Waals surface area contributed by atoms with Crippen molar-refractivity contribution in [2.45, 2.75) is 6.92 Å². The number of nitrogens with zero attached hydrogens (tertiary/aromatic N) is 2. The maximum absolute atomic E-state index is 12.1. The first-order valence-electron chi connectivity index (χ1n) is 6.60. The first kappa shape index (κ1) is 14.2. The molecule has 3 aromatic rings. The standard InChI is InChI=1S/C16H13N3O2S/c1-10-5-6-22-14(10)16(21)19-12-8-17-15(18-9-12)11-3-2-4-13(20)7-11/h2-9,20H,1H3,(H,19,21). The monoisotopic (exact) mass is 311 g/mol. The lowest BCUT2D eigenvalue weighted by Gasteiger charge is -2.05. The number of benzene rings is 1. The molecular formula is C16H13N3O2S. The Morgan fingerprint density at radius 2 is 2.00 bits per heavy atom. The summed E-state index contributed by atoms with van der Waals surface area (Å²) in [6.45, 7) is 1.90. The number of hydrogen-bond donors (Lipinski definition) is 2. The molecule has 0 spiro atoms. The molecule has 0 unspecified atom stereocenters. The van der Waals surface area contributed by atoms with Gasteiger partial charge < -0.3 is 10.4 Å². The van der Waals surface area contributed by atoms with E-state index in [9.17, 15) is 9.90 Å². The molecule has 110 valence electrons. The van der Waals surface area contributed by atoms with Crippen molar-refractivity contribution in [1.82, 2.24) is 9.97 Å². The molecule has 0 saturated heterocycles. The van der Waals surface area contributed by atoms with Gasteiger partial charge in [-0.25, -0.2) is 9.97 Å². The second-order valence-electron chi connectivity index (χ2n) is 4.73. The molecule has 0 aliphatic rings. The molecule has 0 bridgehead atoms. The van der Waals surface area contributed by atoms with Crippen molar-refractivity contribution in [2.75, 3.05) is 5.32 Å². The number of aromatic hydroxyl groups is 1. The topological polar surface area (TPSA) is 75.1 Å². The first-order valence-corrected chi connectivity index (χ1v) is 7.48. The highest BCUT2D eigenvalue weighted by Gasteiger charge is 2.11. The van der Waals surface area contributed by atoms with Crippen LogP contribution in [0.15, 0.2) is 48.1 Å². The van der Waals surface area contributed by atoms with Crippen molar-refractivity contribution in [3.8, 4) is 17.1 Å². The zero-order valence-electron chi connectivity index (χ0n) is 11.8. The van der Waals surface area contributed by atoms with Gasteiger partial charge in [0.15, 0.2) is 5.82 Å². The number of carbonyl (C=O) groups excluding carboxylic acids is 1. The van der Waals surface area contributed by atoms with Crippen LogP contribution >= 0.6 is 11.3 Å². The fraction of sp³-hybridized carbons (Fsp3) is 0.0625. The Bertz CT molecular complexity index is 812. The lowest BCUT2D eigenvalue weighted by atomic mass is 10.2. The minimum absolute atomic E-state index is 0.159. The zero-order chi connectivity index (χ0) is 15.5. The highest BCUT2D eigenvalue weighted by Crippen LogP contribution is 2.21. The number of anilines is 1. The Hall–Kier alpha value is -2.73. The molecular weight excluding hydrogens is 298 g/mol. The van der Waals surface area contributed by atoms with Crippen LogP contribution in [0.4, 0.5) is 5.69 Å². The van der Waals surface area contributed by atoms with Crippen molar-refractivity contribution >= 4 is 22.9 Å². The largest absolute Gasteiger partial charge is 0.508 e. The van der Waals surface area contributed by atoms with E-state index < -0.39 is 0 Å². The summed E-state index contributed by atoms with van der Waals surface area (Å²) in [7, 11) is 0. The minimum atomic E-state index is -0.166. The number of phenols is 1. The summed E-state index contributed by atoms with van der Waals surface area (Å²) >= 11 is 1.40. The Labute approximate surface area is 131 Å². The number of hydrogen-bond acceptors (Lipinski definition) is 5. The molecule has 1 amide bonds. The van der Waals surface area contributed by atoms with E-state index in [0.717, 1.165) is 5.56 Å². The van der Waals surface area contributed by atoms with E-state index in [1.807, 2.05) is 24.4 Å². The lowest BCUT2D eigenvalue weighted by Crippen LogP contribution is -2.11. The summed E-state index contributed by atoms with van der Waals surface area (Å²) in [6, 6.07) is 8.61. The fourth-order valence-electron chi connectivity index (χ4n) is 1.98. The van der Waals surface area contributed by atoms with E-state index in [1.54, 1.807) is 30.6 Å². The third-order valence-corrected chi connectivity index (χ3v) is 4.10. The molecule has 1 aromatic carbocycles. The van der Waals surface area contributed by atoms with Gasteiger partial charge in [-0.3, -0.25) is 4.79 Å². The molecule has 0 atom stereocenters. The second kappa shape index (κ2) is 5.95. The third-order valence-electron chi connectivity index (χ3n) is 3.08. The van der Waals surface area contributed by atoms with Crippen LogP contribution in [0, 0.1) is 6.92 Å². The van der Waals surface area contributed by atoms with E-state index in [1.165, 1.54) is 11.3 Å². The van der Waals surface area contributed by atoms with Gasteiger partial charge in [-0.1, -0.05) is 12.1 Å². The molecule has 5 nitrogen and oxygen atoms in total. The molecule has 3 rings (SSSR count). The quantitative estimate of drug-likeness (QED) is 0.776. The van der Waals surface area contributed by atoms with Gasteiger partial charge in [0.1, 0.15) is 5.75 Å². The van der Waals surface area contributed by atoms with Crippen LogP contribution in [0.2, 0.25) is 0 Å². The maximum atomic E-state index is 12.1. The molecule has 22 heavy (non-hydrogen) atoms. The molecule has 6 heteroatoms. The summed E-state index contributed by atoms with van der Waals surface area (Å²) in [5.41, 5.74) is 2.19. The van der Waals surface area contributed by atoms with E-state index >= 15 is 0 Å². The van der Waals surface area contributed by atoms with Crippen molar-refractivity contribution in [3.05, 3.63) is 58.5 Å². The van der Waals surface area contributed by atoms with Gasteiger partial charge in [-0.2, -0.15) is 0 Å². The molecule has 0 saturated carbocycles. The highest BCUT2D eigenvalue weighted by atomic mass is 32.1. The highest BCUT2D eigenvalue weighted by molar-refractivity contribution is 7.12. The number of amides is 1. The van der Waals surface area contributed by atoms with Crippen LogP contribution < -0.4 is 5.32 Å². The Balaban J connectivity index is 1.77. The van der Waals surface area contributed by atoms with Crippen molar-refractivity contribution in [3.63, 3.8) is 0 Å². The summed E-state index contributed by atoms with van der Waals surface area (Å²) in [6.07, 6.45) is 3.10. The number of phenolic OH excluding ortho intramolecular Hbond substituents is 1. The van der Waals surface area contributed by atoms with Crippen LogP contribution in [0.3, 0.4) is 0 Å². The molecule has 0 aliphatic carbocycles. The van der Waals surface area contributed by atoms with Crippen LogP contribution in [0.5, 0.6) is 5.75 Å². The van der Waals surface area contributed by atoms with Crippen LogP contribution in [-0.4, -0.2) is 21.0 Å². The van der Waals surface area contributed by atoms with Crippen LogP contribution in [0.1, 0.15) is 15.2 Å². The fourth-order valence-corrected chi connectivity index (χ4v) is 2.80. The minimum Gasteiger partial charge on any atom is -0.508 e. The molecule has 2 N–H and O–H groups in total. The van der Waals surface area contributed by atoms with Gasteiger partial charge in [0.05, 0.1) is 23.0 Å². The van der Waals surface area contributed by atoms with E-state index in [0.29, 0.717) is 22.0 Å². The summed E-state index contributed by atoms with van der Waals surface area (Å²) < 4.78 is 0. The first-order chi connectivity index (χ1) is 10.6. The van der Waals surface area contributed by atoms with Gasteiger partial charge >= 0.3 is 0 Å². The number of nitrogens with one attached hydrogen (secondary N) is 1. The van der Waals surface area contributed by atoms with E-state index in [4.69, 9.17) is 0 Å². The maximum Gasteiger partial charge on any atom is 0.266 e. The van der Waals surface area contributed by atoms with Crippen LogP contribution in [0.25, 0.3) is 11.4 Å². The average molecular weight is 311 g/mol. The number of rotatable bonds is 3. The van der Waals surface area contributed by atoms with Gasteiger partial charge in [0.25, 0.3) is 5.91 Å². The van der Waals surface area contributed by atoms with E-state index in [2.05, 4.69) is 15.3 Å². The smallest absolute Gasteiger partial charge is 0.266 e.